The van der Waals surface area contributed by atoms with Crippen molar-refractivity contribution in [2.75, 3.05) is 0 Å². The molecule has 1 unspecified atom stereocenters. The Labute approximate surface area is 119 Å². The van der Waals surface area contributed by atoms with Crippen molar-refractivity contribution in [1.82, 2.24) is 0 Å². The van der Waals surface area contributed by atoms with Gasteiger partial charge in [-0.05, 0) is 29.8 Å². The predicted octanol–water partition coefficient (Wildman–Crippen LogP) is 4.55. The monoisotopic (exact) mass is 302 g/mol. The van der Waals surface area contributed by atoms with Crippen LogP contribution in [-0.4, -0.2) is 5.11 Å². The van der Waals surface area contributed by atoms with Gasteiger partial charge in [-0.15, -0.1) is 0 Å². The Balaban J connectivity index is 2.22. The van der Waals surface area contributed by atoms with Gasteiger partial charge in [-0.2, -0.15) is 0 Å². The van der Waals surface area contributed by atoms with Crippen molar-refractivity contribution in [1.29, 1.82) is 0 Å². The van der Waals surface area contributed by atoms with E-state index < -0.39 is 17.7 Å². The highest BCUT2D eigenvalue weighted by Crippen LogP contribution is 2.28. The summed E-state index contributed by atoms with van der Waals surface area (Å²) in [4.78, 5) is 0. The molecule has 0 radical (unpaired) electrons. The predicted molar refractivity (Wildman–Crippen MR) is 71.5 cm³/mol. The SMILES string of the molecule is OC(Cc1ccc(Cl)cc1)c1cc(F)c(F)cc1Cl. The Hall–Kier alpha value is -1.16. The second-order valence-electron chi connectivity index (χ2n) is 4.13. The summed E-state index contributed by atoms with van der Waals surface area (Å²) in [7, 11) is 0. The van der Waals surface area contributed by atoms with E-state index >= 15 is 0 Å². The van der Waals surface area contributed by atoms with Crippen LogP contribution in [0.5, 0.6) is 0 Å². The van der Waals surface area contributed by atoms with Crippen molar-refractivity contribution < 1.29 is 13.9 Å². The van der Waals surface area contributed by atoms with E-state index in [1.807, 2.05) is 0 Å². The van der Waals surface area contributed by atoms with E-state index in [0.717, 1.165) is 17.7 Å². The number of rotatable bonds is 3. The van der Waals surface area contributed by atoms with Gasteiger partial charge in [0.1, 0.15) is 0 Å². The molecular weight excluding hydrogens is 293 g/mol. The van der Waals surface area contributed by atoms with Gasteiger partial charge in [0.25, 0.3) is 0 Å². The lowest BCUT2D eigenvalue weighted by atomic mass is 10.0. The first kappa shape index (κ1) is 14.3. The molecule has 100 valence electrons. The molecule has 1 nitrogen and oxygen atoms in total. The second-order valence-corrected chi connectivity index (χ2v) is 4.98. The van der Waals surface area contributed by atoms with Gasteiger partial charge in [0.05, 0.1) is 6.10 Å². The Morgan fingerprint density at radius 3 is 2.21 bits per heavy atom. The highest BCUT2D eigenvalue weighted by molar-refractivity contribution is 6.31. The topological polar surface area (TPSA) is 20.2 Å². The molecule has 2 aromatic rings. The molecule has 19 heavy (non-hydrogen) atoms. The minimum atomic E-state index is -1.03. The molecule has 0 heterocycles. The average Bonchev–Trinajstić information content (AvgIpc) is 2.36. The Morgan fingerprint density at radius 2 is 1.58 bits per heavy atom. The first-order valence-corrected chi connectivity index (χ1v) is 6.30. The number of hydrogen-bond donors (Lipinski definition) is 1. The Kier molecular flexibility index (Phi) is 4.40. The first-order valence-electron chi connectivity index (χ1n) is 5.54. The maximum Gasteiger partial charge on any atom is 0.160 e. The fourth-order valence-corrected chi connectivity index (χ4v) is 2.15. The summed E-state index contributed by atoms with van der Waals surface area (Å²) in [6.07, 6.45) is -0.772. The summed E-state index contributed by atoms with van der Waals surface area (Å²) in [5, 5.41) is 10.6. The molecule has 2 rings (SSSR count). The van der Waals surface area contributed by atoms with Gasteiger partial charge in [0.2, 0.25) is 0 Å². The fraction of sp³-hybridized carbons (Fsp3) is 0.143. The van der Waals surface area contributed by atoms with Crippen LogP contribution in [0, 0.1) is 11.6 Å². The van der Waals surface area contributed by atoms with E-state index in [1.54, 1.807) is 24.3 Å². The third-order valence-electron chi connectivity index (χ3n) is 2.74. The van der Waals surface area contributed by atoms with Crippen molar-refractivity contribution >= 4 is 23.2 Å². The zero-order valence-corrected chi connectivity index (χ0v) is 11.2. The minimum Gasteiger partial charge on any atom is -0.388 e. The standard InChI is InChI=1S/C14H10Cl2F2O/c15-9-3-1-8(2-4-9)5-14(19)10-6-12(17)13(18)7-11(10)16/h1-4,6-7,14,19H,5H2. The smallest absolute Gasteiger partial charge is 0.160 e. The van der Waals surface area contributed by atoms with E-state index in [1.165, 1.54) is 0 Å². The quantitative estimate of drug-likeness (QED) is 0.825. The zero-order chi connectivity index (χ0) is 14.0. The number of aliphatic hydroxyl groups is 1. The second kappa shape index (κ2) is 5.87. The maximum atomic E-state index is 13.1. The van der Waals surface area contributed by atoms with Crippen LogP contribution in [0.25, 0.3) is 0 Å². The molecule has 0 aromatic heterocycles. The van der Waals surface area contributed by atoms with Crippen LogP contribution in [0.4, 0.5) is 8.78 Å². The van der Waals surface area contributed by atoms with Crippen molar-refractivity contribution in [3.05, 3.63) is 69.2 Å². The highest BCUT2D eigenvalue weighted by atomic mass is 35.5. The zero-order valence-electron chi connectivity index (χ0n) is 9.71. The molecule has 0 fully saturated rings. The molecule has 2 aromatic carbocycles. The number of benzene rings is 2. The summed E-state index contributed by atoms with van der Waals surface area (Å²) in [5.74, 6) is -2.07. The molecule has 1 N–H and O–H groups in total. The van der Waals surface area contributed by atoms with E-state index in [-0.39, 0.29) is 17.0 Å². The summed E-state index contributed by atoms with van der Waals surface area (Å²) in [6.45, 7) is 0. The number of aliphatic hydroxyl groups excluding tert-OH is 1. The summed E-state index contributed by atoms with van der Waals surface area (Å²) in [6, 6.07) is 8.65. The van der Waals surface area contributed by atoms with Crippen molar-refractivity contribution in [2.24, 2.45) is 0 Å². The average molecular weight is 303 g/mol. The fourth-order valence-electron chi connectivity index (χ4n) is 1.75. The molecule has 0 saturated carbocycles. The Morgan fingerprint density at radius 1 is 1.00 bits per heavy atom. The third-order valence-corrected chi connectivity index (χ3v) is 3.32. The maximum absolute atomic E-state index is 13.1. The van der Waals surface area contributed by atoms with Gasteiger partial charge in [-0.3, -0.25) is 0 Å². The summed E-state index contributed by atoms with van der Waals surface area (Å²) < 4.78 is 26.1. The van der Waals surface area contributed by atoms with E-state index in [2.05, 4.69) is 0 Å². The number of hydrogen-bond acceptors (Lipinski definition) is 1. The lowest BCUT2D eigenvalue weighted by Gasteiger charge is -2.13. The van der Waals surface area contributed by atoms with Gasteiger partial charge in [-0.25, -0.2) is 8.78 Å². The van der Waals surface area contributed by atoms with E-state index in [4.69, 9.17) is 23.2 Å². The van der Waals surface area contributed by atoms with Crippen LogP contribution in [-0.2, 0) is 6.42 Å². The van der Waals surface area contributed by atoms with Gasteiger partial charge in [0.15, 0.2) is 11.6 Å². The van der Waals surface area contributed by atoms with Crippen LogP contribution in [0.3, 0.4) is 0 Å². The molecule has 0 amide bonds. The van der Waals surface area contributed by atoms with Crippen molar-refractivity contribution in [3.8, 4) is 0 Å². The molecule has 0 spiro atoms. The van der Waals surface area contributed by atoms with Gasteiger partial charge in [-0.1, -0.05) is 35.3 Å². The molecule has 0 aliphatic heterocycles. The van der Waals surface area contributed by atoms with E-state index in [0.29, 0.717) is 5.02 Å². The molecular formula is C14H10Cl2F2O. The highest BCUT2D eigenvalue weighted by Gasteiger charge is 2.16. The Bertz CT molecular complexity index is 585. The van der Waals surface area contributed by atoms with E-state index in [9.17, 15) is 13.9 Å². The van der Waals surface area contributed by atoms with Crippen LogP contribution in [0.2, 0.25) is 10.0 Å². The molecule has 0 aliphatic carbocycles. The molecule has 0 bridgehead atoms. The summed E-state index contributed by atoms with van der Waals surface area (Å²) >= 11 is 11.6. The van der Waals surface area contributed by atoms with Gasteiger partial charge >= 0.3 is 0 Å². The van der Waals surface area contributed by atoms with Gasteiger partial charge < -0.3 is 5.11 Å². The number of halogens is 4. The molecule has 0 saturated heterocycles. The van der Waals surface area contributed by atoms with Crippen LogP contribution >= 0.6 is 23.2 Å². The van der Waals surface area contributed by atoms with Crippen LogP contribution in [0.15, 0.2) is 36.4 Å². The van der Waals surface area contributed by atoms with Crippen molar-refractivity contribution in [2.45, 2.75) is 12.5 Å². The molecule has 0 aliphatic rings. The minimum absolute atomic E-state index is 0.000337. The van der Waals surface area contributed by atoms with Gasteiger partial charge in [0, 0.05) is 22.0 Å². The third kappa shape index (κ3) is 3.44. The van der Waals surface area contributed by atoms with Crippen LogP contribution < -0.4 is 0 Å². The molecule has 1 atom stereocenters. The van der Waals surface area contributed by atoms with Crippen LogP contribution in [0.1, 0.15) is 17.2 Å². The lowest BCUT2D eigenvalue weighted by Crippen LogP contribution is -2.04. The summed E-state index contributed by atoms with van der Waals surface area (Å²) in [5.41, 5.74) is 0.980. The normalized spacial score (nSPS) is 12.5. The largest absolute Gasteiger partial charge is 0.388 e. The molecule has 5 heteroatoms. The van der Waals surface area contributed by atoms with Crippen molar-refractivity contribution in [3.63, 3.8) is 0 Å². The lowest BCUT2D eigenvalue weighted by molar-refractivity contribution is 0.178. The first-order chi connectivity index (χ1) is 8.97.